The summed E-state index contributed by atoms with van der Waals surface area (Å²) in [6, 6.07) is 19.3. The molecule has 0 unspecified atom stereocenters. The summed E-state index contributed by atoms with van der Waals surface area (Å²) in [5.74, 6) is -1.07. The van der Waals surface area contributed by atoms with Crippen molar-refractivity contribution in [2.75, 3.05) is 11.9 Å². The highest BCUT2D eigenvalue weighted by Gasteiger charge is 2.28. The Kier molecular flexibility index (Phi) is 7.23. The van der Waals surface area contributed by atoms with Crippen molar-refractivity contribution in [3.63, 3.8) is 0 Å². The highest BCUT2D eigenvalue weighted by molar-refractivity contribution is 5.94. The maximum absolute atomic E-state index is 12.8. The van der Waals surface area contributed by atoms with Crippen LogP contribution in [-0.4, -0.2) is 28.3 Å². The van der Waals surface area contributed by atoms with Gasteiger partial charge in [0.25, 0.3) is 5.91 Å². The summed E-state index contributed by atoms with van der Waals surface area (Å²) in [6.45, 7) is 7.44. The molecule has 0 aliphatic heterocycles. The highest BCUT2D eigenvalue weighted by atomic mass is 16.5. The summed E-state index contributed by atoms with van der Waals surface area (Å²) >= 11 is 0. The van der Waals surface area contributed by atoms with Crippen LogP contribution >= 0.6 is 0 Å². The van der Waals surface area contributed by atoms with Gasteiger partial charge < -0.3 is 10.1 Å². The van der Waals surface area contributed by atoms with Crippen LogP contribution in [0.3, 0.4) is 0 Å². The topological polar surface area (TPSA) is 73.2 Å². The fourth-order valence-electron chi connectivity index (χ4n) is 3.64. The van der Waals surface area contributed by atoms with Crippen molar-refractivity contribution in [2.24, 2.45) is 5.92 Å². The van der Waals surface area contributed by atoms with Crippen molar-refractivity contribution in [1.82, 2.24) is 9.78 Å². The first-order valence-electron chi connectivity index (χ1n) is 10.6. The van der Waals surface area contributed by atoms with E-state index in [0.717, 1.165) is 23.4 Å². The largest absolute Gasteiger partial charge is 0.455 e. The quantitative estimate of drug-likeness (QED) is 0.532. The van der Waals surface area contributed by atoms with Gasteiger partial charge >= 0.3 is 5.97 Å². The van der Waals surface area contributed by atoms with Crippen LogP contribution in [0.1, 0.15) is 43.1 Å². The Balaban J connectivity index is 1.67. The second-order valence-electron chi connectivity index (χ2n) is 7.72. The second-order valence-corrected chi connectivity index (χ2v) is 7.72. The van der Waals surface area contributed by atoms with Gasteiger partial charge in [0.15, 0.2) is 6.61 Å². The third kappa shape index (κ3) is 5.20. The van der Waals surface area contributed by atoms with Gasteiger partial charge in [-0.05, 0) is 37.5 Å². The van der Waals surface area contributed by atoms with Crippen LogP contribution in [0.4, 0.5) is 5.69 Å². The minimum Gasteiger partial charge on any atom is -0.455 e. The number of anilines is 1. The van der Waals surface area contributed by atoms with E-state index in [4.69, 9.17) is 4.74 Å². The number of para-hydroxylation sites is 1. The Labute approximate surface area is 183 Å². The van der Waals surface area contributed by atoms with E-state index >= 15 is 0 Å². The van der Waals surface area contributed by atoms with Gasteiger partial charge in [-0.1, -0.05) is 68.8 Å². The molecule has 2 aromatic carbocycles. The molecule has 31 heavy (non-hydrogen) atoms. The number of aryl methyl sites for hydroxylation is 1. The number of nitrogens with zero attached hydrogens (tertiary/aromatic N) is 2. The summed E-state index contributed by atoms with van der Waals surface area (Å²) in [7, 11) is 0. The zero-order valence-corrected chi connectivity index (χ0v) is 18.5. The molecule has 0 aliphatic rings. The van der Waals surface area contributed by atoms with Crippen LogP contribution in [-0.2, 0) is 14.3 Å². The Morgan fingerprint density at radius 2 is 1.65 bits per heavy atom. The first-order valence-corrected chi connectivity index (χ1v) is 10.6. The van der Waals surface area contributed by atoms with E-state index in [2.05, 4.69) is 10.4 Å². The monoisotopic (exact) mass is 419 g/mol. The molecule has 162 valence electrons. The number of carbonyl (C=O) groups is 2. The number of carbonyl (C=O) groups excluding carboxylic acids is 2. The van der Waals surface area contributed by atoms with Crippen molar-refractivity contribution in [2.45, 2.75) is 40.0 Å². The molecule has 0 bridgehead atoms. The van der Waals surface area contributed by atoms with Crippen LogP contribution in [0.2, 0.25) is 0 Å². The standard InChI is InChI=1S/C25H29N3O3/c1-5-17(2)23(20-12-8-6-9-13-20)25(30)31-16-22(29)26-24-18(3)27-28(19(24)4)21-14-10-7-11-15-21/h6-15,17,23H,5,16H2,1-4H3,(H,26,29)/t17-,23-/m1/s1. The van der Waals surface area contributed by atoms with E-state index in [-0.39, 0.29) is 24.4 Å². The van der Waals surface area contributed by atoms with Gasteiger partial charge in [0.1, 0.15) is 0 Å². The predicted octanol–water partition coefficient (Wildman–Crippen LogP) is 4.80. The van der Waals surface area contributed by atoms with Gasteiger partial charge in [-0.2, -0.15) is 5.10 Å². The predicted molar refractivity (Wildman–Crippen MR) is 121 cm³/mol. The van der Waals surface area contributed by atoms with Crippen LogP contribution in [0.5, 0.6) is 0 Å². The average Bonchev–Trinajstić information content (AvgIpc) is 3.07. The third-order valence-corrected chi connectivity index (χ3v) is 5.53. The molecule has 0 radical (unpaired) electrons. The molecule has 1 amide bonds. The molecular weight excluding hydrogens is 390 g/mol. The lowest BCUT2D eigenvalue weighted by atomic mass is 9.86. The smallest absolute Gasteiger partial charge is 0.314 e. The molecule has 2 atom stereocenters. The van der Waals surface area contributed by atoms with Crippen LogP contribution in [0.15, 0.2) is 60.7 Å². The lowest BCUT2D eigenvalue weighted by molar-refractivity contribution is -0.150. The number of hydrogen-bond acceptors (Lipinski definition) is 4. The molecule has 0 aliphatic carbocycles. The zero-order chi connectivity index (χ0) is 22.4. The van der Waals surface area contributed by atoms with E-state index in [1.54, 1.807) is 4.68 Å². The van der Waals surface area contributed by atoms with Crippen LogP contribution in [0.25, 0.3) is 5.69 Å². The summed E-state index contributed by atoms with van der Waals surface area (Å²) in [4.78, 5) is 25.3. The van der Waals surface area contributed by atoms with Gasteiger partial charge in [-0.25, -0.2) is 4.68 Å². The highest BCUT2D eigenvalue weighted by Crippen LogP contribution is 2.28. The van der Waals surface area contributed by atoms with Crippen molar-refractivity contribution >= 4 is 17.6 Å². The first kappa shape index (κ1) is 22.3. The molecule has 6 nitrogen and oxygen atoms in total. The molecule has 1 heterocycles. The normalized spacial score (nSPS) is 12.8. The van der Waals surface area contributed by atoms with Crippen LogP contribution in [0, 0.1) is 19.8 Å². The fourth-order valence-corrected chi connectivity index (χ4v) is 3.64. The number of nitrogens with one attached hydrogen (secondary N) is 1. The summed E-state index contributed by atoms with van der Waals surface area (Å²) in [5, 5.41) is 7.37. The van der Waals surface area contributed by atoms with Gasteiger partial charge in [-0.15, -0.1) is 0 Å². The maximum Gasteiger partial charge on any atom is 0.314 e. The lowest BCUT2D eigenvalue weighted by Gasteiger charge is -2.21. The molecule has 0 spiro atoms. The molecule has 1 N–H and O–H groups in total. The van der Waals surface area contributed by atoms with Gasteiger partial charge in [0.05, 0.1) is 28.7 Å². The number of ether oxygens (including phenoxy) is 1. The summed E-state index contributed by atoms with van der Waals surface area (Å²) < 4.78 is 7.19. The number of benzene rings is 2. The van der Waals surface area contributed by atoms with Crippen molar-refractivity contribution in [3.05, 3.63) is 77.6 Å². The third-order valence-electron chi connectivity index (χ3n) is 5.53. The van der Waals surface area contributed by atoms with Crippen molar-refractivity contribution in [3.8, 4) is 5.69 Å². The molecule has 3 rings (SSSR count). The Bertz CT molecular complexity index is 1030. The fraction of sp³-hybridized carbons (Fsp3) is 0.320. The van der Waals surface area contributed by atoms with E-state index in [1.165, 1.54) is 0 Å². The minimum atomic E-state index is -0.400. The molecular formula is C25H29N3O3. The number of amides is 1. The van der Waals surface area contributed by atoms with E-state index in [1.807, 2.05) is 88.4 Å². The number of aromatic nitrogens is 2. The Morgan fingerprint density at radius 3 is 2.26 bits per heavy atom. The van der Waals surface area contributed by atoms with Gasteiger partial charge in [0.2, 0.25) is 0 Å². The maximum atomic E-state index is 12.8. The zero-order valence-electron chi connectivity index (χ0n) is 18.5. The summed E-state index contributed by atoms with van der Waals surface area (Å²) in [6.07, 6.45) is 0.831. The Hall–Kier alpha value is -3.41. The molecule has 6 heteroatoms. The second kappa shape index (κ2) is 10.1. The van der Waals surface area contributed by atoms with Crippen molar-refractivity contribution < 1.29 is 14.3 Å². The molecule has 3 aromatic rings. The Morgan fingerprint density at radius 1 is 1.03 bits per heavy atom. The van der Waals surface area contributed by atoms with Gasteiger partial charge in [-0.3, -0.25) is 9.59 Å². The molecule has 0 saturated heterocycles. The van der Waals surface area contributed by atoms with Crippen molar-refractivity contribution in [1.29, 1.82) is 0 Å². The first-order chi connectivity index (χ1) is 14.9. The number of hydrogen-bond donors (Lipinski definition) is 1. The van der Waals surface area contributed by atoms with Gasteiger partial charge in [0, 0.05) is 0 Å². The van der Waals surface area contributed by atoms with Crippen LogP contribution < -0.4 is 5.32 Å². The van der Waals surface area contributed by atoms with E-state index < -0.39 is 5.92 Å². The van der Waals surface area contributed by atoms with E-state index in [9.17, 15) is 9.59 Å². The lowest BCUT2D eigenvalue weighted by Crippen LogP contribution is -2.27. The van der Waals surface area contributed by atoms with E-state index in [0.29, 0.717) is 11.4 Å². The SMILES string of the molecule is CC[C@@H](C)[C@@H](C(=O)OCC(=O)Nc1c(C)nn(-c2ccccc2)c1C)c1ccccc1. The average molecular weight is 420 g/mol. The number of rotatable bonds is 8. The molecule has 1 aromatic heterocycles. The minimum absolute atomic E-state index is 0.103. The molecule has 0 saturated carbocycles. The summed E-state index contributed by atoms with van der Waals surface area (Å²) in [5.41, 5.74) is 3.95. The molecule has 0 fully saturated rings. The number of esters is 1.